The molecule has 38 heavy (non-hydrogen) atoms. The lowest BCUT2D eigenvalue weighted by Crippen LogP contribution is -2.60. The number of amides is 1. The number of aromatic nitrogens is 2. The van der Waals surface area contributed by atoms with Gasteiger partial charge in [0.1, 0.15) is 23.1 Å². The summed E-state index contributed by atoms with van der Waals surface area (Å²) in [7, 11) is 0. The van der Waals surface area contributed by atoms with Crippen LogP contribution < -0.4 is 15.6 Å². The molecule has 1 atom stereocenters. The lowest BCUT2D eigenvalue weighted by Gasteiger charge is -2.45. The highest BCUT2D eigenvalue weighted by Crippen LogP contribution is 2.40. The highest BCUT2D eigenvalue weighted by atomic mass is 19.4. The summed E-state index contributed by atoms with van der Waals surface area (Å²) < 4.78 is 99.1. The molecule has 14 heteroatoms. The zero-order valence-electron chi connectivity index (χ0n) is 19.5. The second kappa shape index (κ2) is 8.68. The lowest BCUT2D eigenvalue weighted by atomic mass is 9.97. The Morgan fingerprint density at radius 3 is 2.24 bits per heavy atom. The summed E-state index contributed by atoms with van der Waals surface area (Å²) in [5.41, 5.74) is -4.91. The van der Waals surface area contributed by atoms with E-state index >= 15 is 4.39 Å². The van der Waals surface area contributed by atoms with Crippen LogP contribution in [0, 0.1) is 29.2 Å². The third-order valence-electron chi connectivity index (χ3n) is 6.48. The number of nitrogens with zero attached hydrogens (tertiary/aromatic N) is 3. The number of pyridine rings is 2. The first kappa shape index (κ1) is 25.9. The number of fused-ring (bicyclic) bond motifs is 1. The molecule has 1 aliphatic carbocycles. The molecule has 2 fully saturated rings. The maximum Gasteiger partial charge on any atom is 0.408 e. The van der Waals surface area contributed by atoms with Gasteiger partial charge in [-0.05, 0) is 31.7 Å². The molecule has 0 radical (unpaired) electrons. The number of hydrogen-bond acceptors (Lipinski definition) is 5. The second-order valence-corrected chi connectivity index (χ2v) is 9.81. The van der Waals surface area contributed by atoms with Crippen LogP contribution in [0.25, 0.3) is 16.7 Å². The number of benzene rings is 1. The highest BCUT2D eigenvalue weighted by Gasteiger charge is 2.50. The summed E-state index contributed by atoms with van der Waals surface area (Å²) in [5.74, 6) is -8.11. The summed E-state index contributed by atoms with van der Waals surface area (Å²) in [6.07, 6.45) is -3.86. The predicted molar refractivity (Wildman–Crippen MR) is 120 cm³/mol. The minimum absolute atomic E-state index is 0.0631. The van der Waals surface area contributed by atoms with Crippen LogP contribution in [0.15, 0.2) is 29.2 Å². The largest absolute Gasteiger partial charge is 0.408 e. The molecule has 7 nitrogen and oxygen atoms in total. The molecule has 3 aromatic rings. The van der Waals surface area contributed by atoms with Crippen molar-refractivity contribution in [3.05, 3.63) is 63.5 Å². The number of alkyl halides is 3. The Morgan fingerprint density at radius 1 is 1.11 bits per heavy atom. The van der Waals surface area contributed by atoms with Crippen LogP contribution in [0.4, 0.5) is 36.6 Å². The van der Waals surface area contributed by atoms with Gasteiger partial charge in [-0.15, -0.1) is 0 Å². The third kappa shape index (κ3) is 4.57. The molecular weight excluding hydrogens is 525 g/mol. The first-order chi connectivity index (χ1) is 17.7. The van der Waals surface area contributed by atoms with E-state index in [2.05, 4.69) is 4.98 Å². The summed E-state index contributed by atoms with van der Waals surface area (Å²) >= 11 is 0. The molecule has 202 valence electrons. The van der Waals surface area contributed by atoms with Gasteiger partial charge >= 0.3 is 6.18 Å². The topological polar surface area (TPSA) is 87.5 Å². The monoisotopic (exact) mass is 544 g/mol. The average molecular weight is 544 g/mol. The van der Waals surface area contributed by atoms with Crippen LogP contribution in [0.5, 0.6) is 0 Å². The van der Waals surface area contributed by atoms with E-state index in [1.807, 2.05) is 0 Å². The Kier molecular flexibility index (Phi) is 5.93. The first-order valence-electron chi connectivity index (χ1n) is 11.4. The van der Waals surface area contributed by atoms with E-state index in [1.165, 1.54) is 11.8 Å². The van der Waals surface area contributed by atoms with Crippen molar-refractivity contribution in [2.24, 2.45) is 5.92 Å². The van der Waals surface area contributed by atoms with Crippen molar-refractivity contribution in [3.63, 3.8) is 0 Å². The average Bonchev–Trinajstić information content (AvgIpc) is 3.60. The van der Waals surface area contributed by atoms with E-state index in [9.17, 15) is 41.0 Å². The van der Waals surface area contributed by atoms with Gasteiger partial charge in [0, 0.05) is 31.4 Å². The summed E-state index contributed by atoms with van der Waals surface area (Å²) in [4.78, 5) is 31.3. The van der Waals surface area contributed by atoms with Gasteiger partial charge in [-0.3, -0.25) is 14.2 Å². The number of halogens is 7. The summed E-state index contributed by atoms with van der Waals surface area (Å²) in [6, 6.07) is -1.01. The van der Waals surface area contributed by atoms with Gasteiger partial charge < -0.3 is 15.3 Å². The Labute approximate surface area is 209 Å². The molecule has 5 rings (SSSR count). The SMILES string of the molecule is CC1(O)CN(c2nc3c(cc2F)c(=O)c(C(=O)NC(C2CC2)C(F)(F)F)cn3-c2c(F)cc(F)cc2F)C1. The molecule has 1 aliphatic heterocycles. The normalized spacial score (nSPS) is 17.9. The number of β-amino-alcohol motifs (C(OH)–C–C–N with tert-alkyl or cyclic N) is 1. The molecule has 0 spiro atoms. The van der Waals surface area contributed by atoms with E-state index in [-0.39, 0.29) is 31.7 Å². The molecule has 1 saturated heterocycles. The number of hydrogen-bond donors (Lipinski definition) is 2. The van der Waals surface area contributed by atoms with Crippen LogP contribution in [0.3, 0.4) is 0 Å². The molecule has 2 N–H and O–H groups in total. The standard InChI is InChI=1S/C24H19F7N4O3/c1-23(38)8-34(9-23)21-16(28)6-12-18(36)13(22(37)32-19(10-2-3-10)24(29,30)31)7-35(20(12)33-21)17-14(26)4-11(25)5-15(17)27/h4-7,10,19,38H,2-3,8-9H2,1H3,(H,32,37). The Morgan fingerprint density at radius 2 is 1.71 bits per heavy atom. The molecule has 1 saturated carbocycles. The van der Waals surface area contributed by atoms with Crippen LogP contribution >= 0.6 is 0 Å². The van der Waals surface area contributed by atoms with Gasteiger partial charge in [0.15, 0.2) is 28.9 Å². The number of carbonyl (C=O) groups is 1. The molecule has 1 amide bonds. The van der Waals surface area contributed by atoms with Crippen LogP contribution in [-0.4, -0.2) is 51.5 Å². The van der Waals surface area contributed by atoms with Gasteiger partial charge in [0.2, 0.25) is 5.43 Å². The second-order valence-electron chi connectivity index (χ2n) is 9.81. The smallest absolute Gasteiger partial charge is 0.386 e. The van der Waals surface area contributed by atoms with Crippen LogP contribution in [-0.2, 0) is 0 Å². The first-order valence-corrected chi connectivity index (χ1v) is 11.4. The zero-order valence-corrected chi connectivity index (χ0v) is 19.5. The molecule has 0 bridgehead atoms. The fourth-order valence-corrected chi connectivity index (χ4v) is 4.57. The van der Waals surface area contributed by atoms with Gasteiger partial charge in [-0.25, -0.2) is 22.5 Å². The highest BCUT2D eigenvalue weighted by molar-refractivity contribution is 5.97. The molecule has 1 unspecified atom stereocenters. The third-order valence-corrected chi connectivity index (χ3v) is 6.48. The van der Waals surface area contributed by atoms with Gasteiger partial charge in [0.05, 0.1) is 11.0 Å². The van der Waals surface area contributed by atoms with Crippen molar-refractivity contribution in [2.45, 2.75) is 37.6 Å². The Hall–Kier alpha value is -3.68. The van der Waals surface area contributed by atoms with Crippen molar-refractivity contribution in [1.29, 1.82) is 0 Å². The molecule has 1 aromatic carbocycles. The maximum atomic E-state index is 15.0. The minimum atomic E-state index is -4.83. The lowest BCUT2D eigenvalue weighted by molar-refractivity contribution is -0.158. The number of anilines is 1. The zero-order chi connectivity index (χ0) is 27.7. The van der Waals surface area contributed by atoms with Crippen molar-refractivity contribution < 1.29 is 40.6 Å². The van der Waals surface area contributed by atoms with Crippen LogP contribution in [0.1, 0.15) is 30.1 Å². The summed E-state index contributed by atoms with van der Waals surface area (Å²) in [5, 5.41) is 11.1. The van der Waals surface area contributed by atoms with E-state index < -0.39 is 80.6 Å². The van der Waals surface area contributed by atoms with Gasteiger partial charge in [0.25, 0.3) is 5.91 Å². The van der Waals surface area contributed by atoms with E-state index in [0.717, 1.165) is 0 Å². The predicted octanol–water partition coefficient (Wildman–Crippen LogP) is 3.58. The fourth-order valence-electron chi connectivity index (χ4n) is 4.57. The van der Waals surface area contributed by atoms with Crippen LogP contribution in [0.2, 0.25) is 0 Å². The Balaban J connectivity index is 1.71. The van der Waals surface area contributed by atoms with E-state index in [4.69, 9.17) is 0 Å². The van der Waals surface area contributed by atoms with Crippen molar-refractivity contribution in [1.82, 2.24) is 14.9 Å². The van der Waals surface area contributed by atoms with Crippen molar-refractivity contribution in [3.8, 4) is 5.69 Å². The number of rotatable bonds is 5. The van der Waals surface area contributed by atoms with Gasteiger partial charge in [-0.1, -0.05) is 0 Å². The maximum absolute atomic E-state index is 15.0. The van der Waals surface area contributed by atoms with E-state index in [1.54, 1.807) is 5.32 Å². The number of carbonyl (C=O) groups excluding carboxylic acids is 1. The van der Waals surface area contributed by atoms with Crippen molar-refractivity contribution in [2.75, 3.05) is 18.0 Å². The number of nitrogens with one attached hydrogen (secondary N) is 1. The molecular formula is C24H19F7N4O3. The fraction of sp³-hybridized carbons (Fsp3) is 0.375. The number of aliphatic hydroxyl groups is 1. The van der Waals surface area contributed by atoms with E-state index in [0.29, 0.717) is 29.0 Å². The minimum Gasteiger partial charge on any atom is -0.386 e. The Bertz CT molecular complexity index is 1500. The molecule has 2 aliphatic rings. The summed E-state index contributed by atoms with van der Waals surface area (Å²) in [6.45, 7) is 1.35. The van der Waals surface area contributed by atoms with Crippen molar-refractivity contribution >= 4 is 22.8 Å². The van der Waals surface area contributed by atoms with Gasteiger partial charge in [-0.2, -0.15) is 13.2 Å². The molecule has 3 heterocycles. The molecule has 2 aromatic heterocycles. The quantitative estimate of drug-likeness (QED) is 0.480.